The zero-order valence-corrected chi connectivity index (χ0v) is 14.0. The summed E-state index contributed by atoms with van der Waals surface area (Å²) in [6, 6.07) is 11.6. The lowest BCUT2D eigenvalue weighted by Crippen LogP contribution is -2.29. The predicted octanol–water partition coefficient (Wildman–Crippen LogP) is 2.13. The van der Waals surface area contributed by atoms with Crippen molar-refractivity contribution in [1.29, 1.82) is 0 Å². The Kier molecular flexibility index (Phi) is 5.71. The smallest absolute Gasteiger partial charge is 0.307 e. The molecule has 0 saturated heterocycles. The number of Topliss-reactive ketones (excluding diaryl/α,β-unsaturated/α-hetero) is 1. The summed E-state index contributed by atoms with van der Waals surface area (Å²) in [6.45, 7) is -0.429. The minimum Gasteiger partial charge on any atom is -0.481 e. The molecule has 0 spiro atoms. The van der Waals surface area contributed by atoms with Gasteiger partial charge in [0.05, 0.1) is 17.9 Å². The first-order chi connectivity index (χ1) is 11.3. The Bertz CT molecular complexity index is 862. The van der Waals surface area contributed by atoms with Crippen molar-refractivity contribution in [2.24, 2.45) is 0 Å². The first-order valence-corrected chi connectivity index (χ1v) is 8.73. The molecule has 2 N–H and O–H groups in total. The number of hydrogen-bond acceptors (Lipinski definition) is 4. The van der Waals surface area contributed by atoms with Crippen LogP contribution in [0.4, 0.5) is 0 Å². The second-order valence-electron chi connectivity index (χ2n) is 4.97. The number of carboxylic acids is 1. The van der Waals surface area contributed by atoms with Crippen LogP contribution in [0.5, 0.6) is 0 Å². The molecule has 0 fully saturated rings. The molecule has 8 heteroatoms. The molecule has 6 nitrogen and oxygen atoms in total. The third-order valence-corrected chi connectivity index (χ3v) is 4.82. The number of ketones is 1. The molecule has 0 amide bonds. The van der Waals surface area contributed by atoms with Crippen LogP contribution in [0.15, 0.2) is 53.4 Å². The summed E-state index contributed by atoms with van der Waals surface area (Å²) in [5, 5.41) is 9.17. The molecule has 0 heterocycles. The quantitative estimate of drug-likeness (QED) is 0.730. The summed E-state index contributed by atoms with van der Waals surface area (Å²) in [6.07, 6.45) is -0.211. The number of carboxylic acid groups (broad SMARTS) is 1. The Morgan fingerprint density at radius 3 is 2.38 bits per heavy atom. The average molecular weight is 368 g/mol. The van der Waals surface area contributed by atoms with Crippen molar-refractivity contribution in [3.05, 3.63) is 64.7 Å². The number of carbonyl (C=O) groups is 2. The van der Waals surface area contributed by atoms with Gasteiger partial charge in [0.1, 0.15) is 0 Å². The number of benzene rings is 2. The average Bonchev–Trinajstić information content (AvgIpc) is 2.53. The van der Waals surface area contributed by atoms with Gasteiger partial charge in [0.2, 0.25) is 10.0 Å². The minimum atomic E-state index is -3.83. The van der Waals surface area contributed by atoms with Gasteiger partial charge >= 0.3 is 5.97 Å². The summed E-state index contributed by atoms with van der Waals surface area (Å²) >= 11 is 5.71. The monoisotopic (exact) mass is 367 g/mol. The normalized spacial score (nSPS) is 11.2. The number of nitrogens with one attached hydrogen (secondary N) is 1. The van der Waals surface area contributed by atoms with Gasteiger partial charge in [0.15, 0.2) is 5.78 Å². The van der Waals surface area contributed by atoms with Crippen LogP contribution in [0.3, 0.4) is 0 Å². The number of halogens is 1. The van der Waals surface area contributed by atoms with Gasteiger partial charge in [-0.1, -0.05) is 29.8 Å². The first kappa shape index (κ1) is 18.1. The van der Waals surface area contributed by atoms with Crippen molar-refractivity contribution >= 4 is 33.4 Å². The Balaban J connectivity index is 2.07. The summed E-state index contributed by atoms with van der Waals surface area (Å²) in [5.74, 6) is -1.47. The maximum atomic E-state index is 12.1. The molecule has 0 aliphatic rings. The van der Waals surface area contributed by atoms with E-state index in [-0.39, 0.29) is 16.9 Å². The highest BCUT2D eigenvalue weighted by atomic mass is 35.5. The van der Waals surface area contributed by atoms with Gasteiger partial charge < -0.3 is 5.11 Å². The fourth-order valence-corrected chi connectivity index (χ4v) is 3.10. The molecule has 24 heavy (non-hydrogen) atoms. The van der Waals surface area contributed by atoms with E-state index in [0.29, 0.717) is 10.6 Å². The number of rotatable bonds is 7. The Morgan fingerprint density at radius 1 is 1.08 bits per heavy atom. The van der Waals surface area contributed by atoms with E-state index in [1.807, 2.05) is 0 Å². The standard InChI is InChI=1S/C16H14ClNO5S/c17-13-4-6-14(7-5-13)24(22,23)18-10-15(19)12-3-1-2-11(8-12)9-16(20)21/h1-8,18H,9-10H2,(H,20,21). The second kappa shape index (κ2) is 7.57. The lowest BCUT2D eigenvalue weighted by atomic mass is 10.1. The van der Waals surface area contributed by atoms with Crippen LogP contribution < -0.4 is 4.72 Å². The van der Waals surface area contributed by atoms with Gasteiger partial charge in [0.25, 0.3) is 0 Å². The van der Waals surface area contributed by atoms with E-state index in [1.165, 1.54) is 36.4 Å². The van der Waals surface area contributed by atoms with Crippen molar-refractivity contribution in [2.75, 3.05) is 6.54 Å². The van der Waals surface area contributed by atoms with Crippen molar-refractivity contribution in [3.8, 4) is 0 Å². The van der Waals surface area contributed by atoms with E-state index in [0.717, 1.165) is 0 Å². The van der Waals surface area contributed by atoms with Crippen LogP contribution in [0, 0.1) is 0 Å². The molecular formula is C16H14ClNO5S. The predicted molar refractivity (Wildman–Crippen MR) is 88.8 cm³/mol. The van der Waals surface area contributed by atoms with E-state index in [2.05, 4.69) is 4.72 Å². The molecular weight excluding hydrogens is 354 g/mol. The SMILES string of the molecule is O=C(O)Cc1cccc(C(=O)CNS(=O)(=O)c2ccc(Cl)cc2)c1. The number of aliphatic carboxylic acids is 1. The molecule has 0 aromatic heterocycles. The number of carbonyl (C=O) groups excluding carboxylic acids is 1. The zero-order chi connectivity index (χ0) is 17.7. The van der Waals surface area contributed by atoms with Crippen molar-refractivity contribution < 1.29 is 23.1 Å². The van der Waals surface area contributed by atoms with Crippen LogP contribution in [0.25, 0.3) is 0 Å². The lowest BCUT2D eigenvalue weighted by Gasteiger charge is -2.07. The Hall–Kier alpha value is -2.22. The van der Waals surface area contributed by atoms with E-state index < -0.39 is 28.3 Å². The summed E-state index contributed by atoms with van der Waals surface area (Å²) in [5.41, 5.74) is 0.710. The van der Waals surface area contributed by atoms with Crippen molar-refractivity contribution in [2.45, 2.75) is 11.3 Å². The van der Waals surface area contributed by atoms with Gasteiger partial charge in [-0.2, -0.15) is 0 Å². The second-order valence-corrected chi connectivity index (χ2v) is 7.18. The molecule has 0 radical (unpaired) electrons. The number of sulfonamides is 1. The van der Waals surface area contributed by atoms with Crippen LogP contribution in [0.1, 0.15) is 15.9 Å². The highest BCUT2D eigenvalue weighted by molar-refractivity contribution is 7.89. The van der Waals surface area contributed by atoms with Crippen LogP contribution in [-0.2, 0) is 21.2 Å². The first-order valence-electron chi connectivity index (χ1n) is 6.87. The van der Waals surface area contributed by atoms with Gasteiger partial charge in [-0.25, -0.2) is 13.1 Å². The van der Waals surface area contributed by atoms with Gasteiger partial charge in [-0.05, 0) is 35.9 Å². The molecule has 2 aromatic rings. The minimum absolute atomic E-state index is 0.000622. The lowest BCUT2D eigenvalue weighted by molar-refractivity contribution is -0.136. The third kappa shape index (κ3) is 4.89. The topological polar surface area (TPSA) is 101 Å². The van der Waals surface area contributed by atoms with Crippen LogP contribution >= 0.6 is 11.6 Å². The maximum Gasteiger partial charge on any atom is 0.307 e. The molecule has 0 unspecified atom stereocenters. The molecule has 2 rings (SSSR count). The fourth-order valence-electron chi connectivity index (χ4n) is 1.99. The third-order valence-electron chi connectivity index (χ3n) is 3.15. The van der Waals surface area contributed by atoms with Gasteiger partial charge in [-0.15, -0.1) is 0 Å². The summed E-state index contributed by atoms with van der Waals surface area (Å²) in [4.78, 5) is 22.8. The molecule has 0 saturated carbocycles. The van der Waals surface area contributed by atoms with Crippen LogP contribution in [-0.4, -0.2) is 31.8 Å². The zero-order valence-electron chi connectivity index (χ0n) is 12.4. The Labute approximate surface area is 144 Å². The molecule has 2 aromatic carbocycles. The highest BCUT2D eigenvalue weighted by Gasteiger charge is 2.16. The van der Waals surface area contributed by atoms with Gasteiger partial charge in [-0.3, -0.25) is 9.59 Å². The van der Waals surface area contributed by atoms with Crippen molar-refractivity contribution in [1.82, 2.24) is 4.72 Å². The fraction of sp³-hybridized carbons (Fsp3) is 0.125. The molecule has 126 valence electrons. The van der Waals surface area contributed by atoms with Crippen molar-refractivity contribution in [3.63, 3.8) is 0 Å². The van der Waals surface area contributed by atoms with E-state index in [4.69, 9.17) is 16.7 Å². The molecule has 0 aliphatic heterocycles. The van der Waals surface area contributed by atoms with Gasteiger partial charge in [0, 0.05) is 10.6 Å². The van der Waals surface area contributed by atoms with Crippen LogP contribution in [0.2, 0.25) is 5.02 Å². The highest BCUT2D eigenvalue weighted by Crippen LogP contribution is 2.14. The molecule has 0 aliphatic carbocycles. The molecule has 0 atom stereocenters. The van der Waals surface area contributed by atoms with E-state index in [9.17, 15) is 18.0 Å². The molecule has 0 bridgehead atoms. The van der Waals surface area contributed by atoms with E-state index in [1.54, 1.807) is 12.1 Å². The largest absolute Gasteiger partial charge is 0.481 e. The number of hydrogen-bond donors (Lipinski definition) is 2. The Morgan fingerprint density at radius 2 is 1.75 bits per heavy atom. The summed E-state index contributed by atoms with van der Waals surface area (Å²) < 4.78 is 26.4. The summed E-state index contributed by atoms with van der Waals surface area (Å²) in [7, 11) is -3.83. The maximum absolute atomic E-state index is 12.1. The van der Waals surface area contributed by atoms with E-state index >= 15 is 0 Å².